The van der Waals surface area contributed by atoms with Crippen LogP contribution in [0.3, 0.4) is 0 Å². The molecule has 5 aliphatic rings. The van der Waals surface area contributed by atoms with Crippen molar-refractivity contribution in [2.45, 2.75) is 121 Å². The van der Waals surface area contributed by atoms with Crippen molar-refractivity contribution < 1.29 is 67.4 Å². The minimum absolute atomic E-state index is 0.131. The van der Waals surface area contributed by atoms with Crippen LogP contribution >= 0.6 is 0 Å². The number of aliphatic hydroxyl groups is 3. The van der Waals surface area contributed by atoms with Crippen LogP contribution in [0.1, 0.15) is 92.2 Å². The molecule has 4 saturated carbocycles. The van der Waals surface area contributed by atoms with Gasteiger partial charge in [-0.1, -0.05) is 34.6 Å². The van der Waals surface area contributed by atoms with Gasteiger partial charge in [0.15, 0.2) is 12.2 Å². The first-order valence-corrected chi connectivity index (χ1v) is 16.7. The molecule has 1 aromatic heterocycles. The number of rotatable bonds is 7. The zero-order valence-electron chi connectivity index (χ0n) is 29.1. The zero-order valence-corrected chi connectivity index (χ0v) is 29.1. The summed E-state index contributed by atoms with van der Waals surface area (Å²) < 4.78 is 34.6. The third-order valence-corrected chi connectivity index (χ3v) is 13.3. The van der Waals surface area contributed by atoms with Gasteiger partial charge in [-0.25, -0.2) is 0 Å². The zero-order chi connectivity index (χ0) is 36.3. The number of fused-ring (bicyclic) bond motifs is 5. The molecule has 6 rings (SSSR count). The van der Waals surface area contributed by atoms with Crippen LogP contribution in [0.2, 0.25) is 0 Å². The van der Waals surface area contributed by atoms with E-state index in [0.29, 0.717) is 5.56 Å². The Balaban J connectivity index is 1.73. The van der Waals surface area contributed by atoms with Gasteiger partial charge in [0.05, 0.1) is 32.0 Å². The van der Waals surface area contributed by atoms with Gasteiger partial charge in [0.2, 0.25) is 5.60 Å². The molecule has 2 heterocycles. The Kier molecular flexibility index (Phi) is 7.76. The van der Waals surface area contributed by atoms with E-state index in [-0.39, 0.29) is 19.3 Å². The van der Waals surface area contributed by atoms with E-state index >= 15 is 0 Å². The molecule has 3 N–H and O–H groups in total. The number of hydrogen-bond acceptors (Lipinski definition) is 14. The van der Waals surface area contributed by atoms with Crippen molar-refractivity contribution in [3.8, 4) is 0 Å². The molecule has 4 aliphatic carbocycles. The van der Waals surface area contributed by atoms with Gasteiger partial charge in [0, 0.05) is 48.0 Å². The molecule has 0 aromatic carbocycles. The SMILES string of the molecule is COC(=O)C[C@H]1[C@]2(C)C[C@@]3(O)[C@](OC(C)=O)([C@H]2OC(C)=O)[C@@H](OC(=O)C(C)C)[C@@]2(O)[C@@H]4CC(=O)O[C@H](c5ccoc5)[C@]4(C)CC[C@]2(O)[C@@]13C. The number of carbonyl (C=O) groups is 5. The molecule has 5 fully saturated rings. The van der Waals surface area contributed by atoms with E-state index in [9.17, 15) is 39.3 Å². The lowest BCUT2D eigenvalue weighted by Gasteiger charge is -2.76. The highest BCUT2D eigenvalue weighted by Crippen LogP contribution is 2.84. The lowest BCUT2D eigenvalue weighted by atomic mass is 9.33. The van der Waals surface area contributed by atoms with E-state index < -0.39 is 117 Å². The van der Waals surface area contributed by atoms with Crippen molar-refractivity contribution >= 4 is 29.8 Å². The highest BCUT2D eigenvalue weighted by Gasteiger charge is 2.99. The predicted octanol–water partition coefficient (Wildman–Crippen LogP) is 2.30. The van der Waals surface area contributed by atoms with Crippen LogP contribution < -0.4 is 0 Å². The minimum Gasteiger partial charge on any atom is -0.472 e. The molecule has 49 heavy (non-hydrogen) atoms. The Bertz CT molecular complexity index is 1590. The van der Waals surface area contributed by atoms with E-state index in [1.165, 1.54) is 40.4 Å². The summed E-state index contributed by atoms with van der Waals surface area (Å²) in [7, 11) is 1.19. The van der Waals surface area contributed by atoms with Gasteiger partial charge in [-0.15, -0.1) is 0 Å². The summed E-state index contributed by atoms with van der Waals surface area (Å²) in [6, 6.07) is 1.62. The third-order valence-electron chi connectivity index (χ3n) is 13.3. The Morgan fingerprint density at radius 1 is 0.959 bits per heavy atom. The largest absolute Gasteiger partial charge is 0.472 e. The summed E-state index contributed by atoms with van der Waals surface area (Å²) in [4.78, 5) is 66.6. The van der Waals surface area contributed by atoms with Crippen LogP contribution in [0.15, 0.2) is 23.0 Å². The highest BCUT2D eigenvalue weighted by atomic mass is 16.6. The number of furan rings is 1. The highest BCUT2D eigenvalue weighted by molar-refractivity contribution is 5.75. The van der Waals surface area contributed by atoms with Crippen LogP contribution in [-0.2, 0) is 47.7 Å². The third kappa shape index (κ3) is 4.02. The maximum Gasteiger partial charge on any atom is 0.308 e. The first kappa shape index (κ1) is 35.3. The summed E-state index contributed by atoms with van der Waals surface area (Å²) in [5.41, 5.74) is -14.0. The van der Waals surface area contributed by atoms with E-state index in [4.69, 9.17) is 28.1 Å². The average Bonchev–Trinajstić information content (AvgIpc) is 3.66. The molecule has 12 atom stereocenters. The molecule has 14 nitrogen and oxygen atoms in total. The smallest absolute Gasteiger partial charge is 0.308 e. The molecule has 0 unspecified atom stereocenters. The number of esters is 5. The molecule has 0 amide bonds. The molecule has 1 aliphatic heterocycles. The van der Waals surface area contributed by atoms with Gasteiger partial charge in [0.1, 0.15) is 22.9 Å². The summed E-state index contributed by atoms with van der Waals surface area (Å²) in [6.07, 6.45) is -3.14. The van der Waals surface area contributed by atoms with Gasteiger partial charge in [-0.3, -0.25) is 24.0 Å². The van der Waals surface area contributed by atoms with E-state index in [2.05, 4.69) is 0 Å². The van der Waals surface area contributed by atoms with Crippen molar-refractivity contribution in [2.75, 3.05) is 7.11 Å². The van der Waals surface area contributed by atoms with E-state index in [1.54, 1.807) is 19.9 Å². The van der Waals surface area contributed by atoms with Crippen LogP contribution in [0.4, 0.5) is 0 Å². The normalized spacial score (nSPS) is 46.3. The van der Waals surface area contributed by atoms with Crippen LogP contribution in [-0.4, -0.2) is 86.9 Å². The predicted molar refractivity (Wildman–Crippen MR) is 164 cm³/mol. The number of ether oxygens (including phenoxy) is 5. The van der Waals surface area contributed by atoms with Crippen LogP contribution in [0.25, 0.3) is 0 Å². The number of hydrogen-bond donors (Lipinski definition) is 3. The Morgan fingerprint density at radius 3 is 2.18 bits per heavy atom. The first-order chi connectivity index (χ1) is 22.7. The van der Waals surface area contributed by atoms with Crippen molar-refractivity contribution in [3.05, 3.63) is 24.2 Å². The number of carbonyl (C=O) groups excluding carboxylic acids is 5. The molecule has 0 radical (unpaired) electrons. The molecule has 270 valence electrons. The molecule has 14 heteroatoms. The van der Waals surface area contributed by atoms with Crippen molar-refractivity contribution in [1.29, 1.82) is 0 Å². The quantitative estimate of drug-likeness (QED) is 0.278. The summed E-state index contributed by atoms with van der Waals surface area (Å²) in [5, 5.41) is 40.6. The first-order valence-electron chi connectivity index (χ1n) is 16.7. The second kappa shape index (κ2) is 10.8. The minimum atomic E-state index is -2.69. The Hall–Kier alpha value is -3.49. The lowest BCUT2D eigenvalue weighted by molar-refractivity contribution is -0.439. The Labute approximate surface area is 283 Å². The fourth-order valence-electron chi connectivity index (χ4n) is 11.3. The van der Waals surface area contributed by atoms with Crippen molar-refractivity contribution in [2.24, 2.45) is 34.0 Å². The average molecular weight is 691 g/mol. The van der Waals surface area contributed by atoms with Crippen LogP contribution in [0.5, 0.6) is 0 Å². The summed E-state index contributed by atoms with van der Waals surface area (Å²) in [6.45, 7) is 10.2. The van der Waals surface area contributed by atoms with E-state index in [1.807, 2.05) is 0 Å². The van der Waals surface area contributed by atoms with Crippen molar-refractivity contribution in [3.63, 3.8) is 0 Å². The summed E-state index contributed by atoms with van der Waals surface area (Å²) >= 11 is 0. The second-order valence-electron chi connectivity index (χ2n) is 15.8. The lowest BCUT2D eigenvalue weighted by Crippen LogP contribution is -2.94. The van der Waals surface area contributed by atoms with Gasteiger partial charge in [-0.05, 0) is 31.2 Å². The molecule has 1 aromatic rings. The van der Waals surface area contributed by atoms with Gasteiger partial charge in [0.25, 0.3) is 0 Å². The molecular weight excluding hydrogens is 644 g/mol. The second-order valence-corrected chi connectivity index (χ2v) is 15.8. The number of methoxy groups -OCH3 is 1. The monoisotopic (exact) mass is 690 g/mol. The molecule has 1 saturated heterocycles. The fourth-order valence-corrected chi connectivity index (χ4v) is 11.3. The molecule has 0 spiro atoms. The molecule has 2 bridgehead atoms. The van der Waals surface area contributed by atoms with Crippen LogP contribution in [0, 0.1) is 34.0 Å². The standard InChI is InChI=1S/C35H46O14/c1-17(2)26(40)48-28-34(43)22-14-24(39)47-25(20-9-12-45-15-20)29(22,5)10-11-32(34,41)31(7)21(13-23(38)44-8)30(6)16-33(31,42)35(28,49-19(4)37)27(30)46-18(3)36/h9,12,15,17,21-22,25,27-28,41-43H,10-11,13-14,16H2,1-8H3/t21-,22+,25+,27-,28-,29+,30-,31+,32-,33-,34-,35-/m0/s1. The maximum absolute atomic E-state index is 13.8. The Morgan fingerprint density at radius 2 is 1.63 bits per heavy atom. The maximum atomic E-state index is 13.8. The summed E-state index contributed by atoms with van der Waals surface area (Å²) in [5.74, 6) is -7.28. The van der Waals surface area contributed by atoms with Gasteiger partial charge >= 0.3 is 29.8 Å². The molecular formula is C35H46O14. The van der Waals surface area contributed by atoms with E-state index in [0.717, 1.165) is 13.8 Å². The van der Waals surface area contributed by atoms with Gasteiger partial charge in [-0.2, -0.15) is 0 Å². The number of cyclic esters (lactones) is 1. The fraction of sp³-hybridized carbons (Fsp3) is 0.743. The van der Waals surface area contributed by atoms with Crippen molar-refractivity contribution in [1.82, 2.24) is 0 Å². The topological polar surface area (TPSA) is 205 Å². The van der Waals surface area contributed by atoms with Gasteiger partial charge < -0.3 is 43.4 Å².